The van der Waals surface area contributed by atoms with Crippen molar-refractivity contribution >= 4 is 22.9 Å². The number of carbonyl (C=O) groups is 1. The molecule has 1 aromatic carbocycles. The van der Waals surface area contributed by atoms with Gasteiger partial charge in [-0.3, -0.25) is 4.79 Å². The highest BCUT2D eigenvalue weighted by molar-refractivity contribution is 5.81. The number of benzene rings is 1. The van der Waals surface area contributed by atoms with Gasteiger partial charge in [0, 0.05) is 62.6 Å². The van der Waals surface area contributed by atoms with Crippen molar-refractivity contribution in [2.45, 2.75) is 65.7 Å². The molecule has 1 aromatic rings. The largest absolute Gasteiger partial charge is 0.378 e. The molecular weight excluding hydrogens is 410 g/mol. The fraction of sp³-hybridized carbons (Fsp3) is 0.679. The van der Waals surface area contributed by atoms with Crippen LogP contribution in [-0.4, -0.2) is 63.3 Å². The molecule has 3 aliphatic rings. The van der Waals surface area contributed by atoms with Gasteiger partial charge < -0.3 is 19.4 Å². The van der Waals surface area contributed by atoms with Crippen LogP contribution >= 0.6 is 0 Å². The number of amides is 1. The maximum atomic E-state index is 12.4. The predicted octanol–water partition coefficient (Wildman–Crippen LogP) is 5.35. The van der Waals surface area contributed by atoms with E-state index >= 15 is 0 Å². The van der Waals surface area contributed by atoms with Gasteiger partial charge in [-0.05, 0) is 54.9 Å². The summed E-state index contributed by atoms with van der Waals surface area (Å²) in [5, 5.41) is 0. The van der Waals surface area contributed by atoms with Crippen molar-refractivity contribution in [3.8, 4) is 0 Å². The molecule has 0 bridgehead atoms. The lowest BCUT2D eigenvalue weighted by Gasteiger charge is -2.39. The molecule has 1 aliphatic carbocycles. The Kier molecular flexibility index (Phi) is 8.00. The summed E-state index contributed by atoms with van der Waals surface area (Å²) in [5.74, 6) is 0.311. The fourth-order valence-electron chi connectivity index (χ4n) is 5.72. The second-order valence-corrected chi connectivity index (χ2v) is 10.1. The van der Waals surface area contributed by atoms with Gasteiger partial charge in [-0.15, -0.1) is 0 Å². The summed E-state index contributed by atoms with van der Waals surface area (Å²) in [6.45, 7) is 13.8. The van der Waals surface area contributed by atoms with E-state index in [1.54, 1.807) is 0 Å². The number of carbonyl (C=O) groups excluding carboxylic acids is 1. The smallest absolute Gasteiger partial charge is 0.222 e. The quantitative estimate of drug-likeness (QED) is 0.558. The first-order valence-electron chi connectivity index (χ1n) is 13.3. The highest BCUT2D eigenvalue weighted by Crippen LogP contribution is 2.45. The number of morpholine rings is 1. The van der Waals surface area contributed by atoms with Gasteiger partial charge in [-0.1, -0.05) is 39.7 Å². The Morgan fingerprint density at radius 2 is 1.70 bits per heavy atom. The molecule has 182 valence electrons. The minimum atomic E-state index is 0.311. The SMILES string of the molecule is CCCC(=O)N1CCN(c2ccc(N3CCOCC3)cc2C2=CCC(CC)(CC)CC2)CC1. The van der Waals surface area contributed by atoms with Gasteiger partial charge in [0.05, 0.1) is 13.2 Å². The summed E-state index contributed by atoms with van der Waals surface area (Å²) in [7, 11) is 0. The topological polar surface area (TPSA) is 36.0 Å². The zero-order valence-corrected chi connectivity index (χ0v) is 21.1. The minimum absolute atomic E-state index is 0.311. The van der Waals surface area contributed by atoms with E-state index in [2.05, 4.69) is 59.7 Å². The molecule has 0 atom stereocenters. The van der Waals surface area contributed by atoms with Gasteiger partial charge in [0.15, 0.2) is 0 Å². The van der Waals surface area contributed by atoms with Crippen LogP contribution in [0, 0.1) is 5.41 Å². The zero-order chi connectivity index (χ0) is 23.3. The van der Waals surface area contributed by atoms with Crippen LogP contribution in [0.5, 0.6) is 0 Å². The van der Waals surface area contributed by atoms with Crippen LogP contribution in [0.4, 0.5) is 11.4 Å². The van der Waals surface area contributed by atoms with Crippen LogP contribution in [0.25, 0.3) is 5.57 Å². The van der Waals surface area contributed by atoms with Gasteiger partial charge in [-0.2, -0.15) is 0 Å². The monoisotopic (exact) mass is 453 g/mol. The van der Waals surface area contributed by atoms with E-state index in [9.17, 15) is 4.79 Å². The summed E-state index contributed by atoms with van der Waals surface area (Å²) in [6.07, 6.45) is 10.3. The Hall–Kier alpha value is -2.01. The number of piperazine rings is 1. The first-order chi connectivity index (χ1) is 16.1. The van der Waals surface area contributed by atoms with Crippen LogP contribution in [-0.2, 0) is 9.53 Å². The second-order valence-electron chi connectivity index (χ2n) is 10.1. The Bertz CT molecular complexity index is 832. The van der Waals surface area contributed by atoms with Gasteiger partial charge in [0.25, 0.3) is 0 Å². The van der Waals surface area contributed by atoms with Crippen LogP contribution in [0.15, 0.2) is 24.3 Å². The second kappa shape index (κ2) is 10.9. The van der Waals surface area contributed by atoms with E-state index < -0.39 is 0 Å². The third-order valence-electron chi connectivity index (χ3n) is 8.35. The Labute approximate surface area is 200 Å². The molecule has 0 saturated carbocycles. The molecule has 1 amide bonds. The number of hydrogen-bond donors (Lipinski definition) is 0. The van der Waals surface area contributed by atoms with Crippen LogP contribution in [0.1, 0.15) is 71.3 Å². The van der Waals surface area contributed by atoms with E-state index in [4.69, 9.17) is 4.74 Å². The lowest BCUT2D eigenvalue weighted by atomic mass is 9.70. The molecule has 4 rings (SSSR count). The third kappa shape index (κ3) is 5.40. The molecule has 2 saturated heterocycles. The van der Waals surface area contributed by atoms with Crippen molar-refractivity contribution in [2.24, 2.45) is 5.41 Å². The van der Waals surface area contributed by atoms with Crippen LogP contribution in [0.3, 0.4) is 0 Å². The highest BCUT2D eigenvalue weighted by atomic mass is 16.5. The van der Waals surface area contributed by atoms with Crippen molar-refractivity contribution in [1.29, 1.82) is 0 Å². The van der Waals surface area contributed by atoms with Gasteiger partial charge in [-0.25, -0.2) is 0 Å². The maximum absolute atomic E-state index is 12.4. The molecule has 0 N–H and O–H groups in total. The van der Waals surface area contributed by atoms with Gasteiger partial charge in [0.2, 0.25) is 5.91 Å². The van der Waals surface area contributed by atoms with Crippen molar-refractivity contribution in [3.63, 3.8) is 0 Å². The molecule has 5 nitrogen and oxygen atoms in total. The lowest BCUT2D eigenvalue weighted by molar-refractivity contribution is -0.131. The first kappa shape index (κ1) is 24.1. The van der Waals surface area contributed by atoms with Crippen molar-refractivity contribution < 1.29 is 9.53 Å². The Balaban J connectivity index is 1.59. The number of rotatable bonds is 7. The van der Waals surface area contributed by atoms with Crippen LogP contribution < -0.4 is 9.80 Å². The minimum Gasteiger partial charge on any atom is -0.378 e. The van der Waals surface area contributed by atoms with Crippen molar-refractivity contribution in [1.82, 2.24) is 4.90 Å². The number of nitrogens with zero attached hydrogens (tertiary/aromatic N) is 3. The molecule has 0 spiro atoms. The Morgan fingerprint density at radius 1 is 0.970 bits per heavy atom. The average molecular weight is 454 g/mol. The first-order valence-corrected chi connectivity index (χ1v) is 13.3. The zero-order valence-electron chi connectivity index (χ0n) is 21.1. The molecule has 0 unspecified atom stereocenters. The highest BCUT2D eigenvalue weighted by Gasteiger charge is 2.30. The molecular formula is C28H43N3O2. The molecule has 0 aromatic heterocycles. The van der Waals surface area contributed by atoms with Crippen LogP contribution in [0.2, 0.25) is 0 Å². The van der Waals surface area contributed by atoms with E-state index in [1.807, 2.05) is 0 Å². The lowest BCUT2D eigenvalue weighted by Crippen LogP contribution is -2.49. The number of hydrogen-bond acceptors (Lipinski definition) is 4. The van der Waals surface area contributed by atoms with E-state index in [1.165, 1.54) is 48.2 Å². The normalized spacial score (nSPS) is 21.2. The summed E-state index contributed by atoms with van der Waals surface area (Å²) in [4.78, 5) is 19.4. The number of allylic oxidation sites excluding steroid dienone is 2. The fourth-order valence-corrected chi connectivity index (χ4v) is 5.72. The third-order valence-corrected chi connectivity index (χ3v) is 8.35. The van der Waals surface area contributed by atoms with Crippen molar-refractivity contribution in [3.05, 3.63) is 29.8 Å². The average Bonchev–Trinajstić information content (AvgIpc) is 2.89. The number of anilines is 2. The summed E-state index contributed by atoms with van der Waals surface area (Å²) in [6, 6.07) is 7.07. The van der Waals surface area contributed by atoms with Crippen molar-refractivity contribution in [2.75, 3.05) is 62.3 Å². The standard InChI is InChI=1S/C28H43N3O2/c1-4-7-27(32)31-16-14-30(15-17-31)26-9-8-24(29-18-20-33-21-19-29)22-25(26)23-10-12-28(5-2,6-3)13-11-23/h8-10,22H,4-7,11-21H2,1-3H3. The molecule has 2 aliphatic heterocycles. The van der Waals surface area contributed by atoms with E-state index in [-0.39, 0.29) is 0 Å². The summed E-state index contributed by atoms with van der Waals surface area (Å²) >= 11 is 0. The van der Waals surface area contributed by atoms with E-state index in [0.717, 1.165) is 65.3 Å². The predicted molar refractivity (Wildman–Crippen MR) is 138 cm³/mol. The molecule has 0 radical (unpaired) electrons. The molecule has 2 fully saturated rings. The molecule has 2 heterocycles. The Morgan fingerprint density at radius 3 is 2.30 bits per heavy atom. The summed E-state index contributed by atoms with van der Waals surface area (Å²) < 4.78 is 5.59. The van der Waals surface area contributed by atoms with Gasteiger partial charge in [0.1, 0.15) is 0 Å². The molecule has 5 heteroatoms. The summed E-state index contributed by atoms with van der Waals surface area (Å²) in [5.41, 5.74) is 6.07. The number of ether oxygens (including phenoxy) is 1. The maximum Gasteiger partial charge on any atom is 0.222 e. The molecule has 33 heavy (non-hydrogen) atoms. The van der Waals surface area contributed by atoms with E-state index in [0.29, 0.717) is 17.7 Å². The van der Waals surface area contributed by atoms with Gasteiger partial charge >= 0.3 is 0 Å².